The fourth-order valence-corrected chi connectivity index (χ4v) is 5.05. The summed E-state index contributed by atoms with van der Waals surface area (Å²) >= 11 is 0. The van der Waals surface area contributed by atoms with E-state index in [0.717, 1.165) is 0 Å². The fourth-order valence-electron chi connectivity index (χ4n) is 3.56. The van der Waals surface area contributed by atoms with Crippen LogP contribution in [0.3, 0.4) is 0 Å². The van der Waals surface area contributed by atoms with Crippen LogP contribution < -0.4 is 9.47 Å². The molecule has 0 aliphatic carbocycles. The number of amides is 1. The van der Waals surface area contributed by atoms with Crippen molar-refractivity contribution in [2.45, 2.75) is 37.6 Å². The highest BCUT2D eigenvalue weighted by Crippen LogP contribution is 2.32. The molecule has 3 rings (SSSR count). The van der Waals surface area contributed by atoms with E-state index in [2.05, 4.69) is 10.1 Å². The number of aryl methyl sites for hydroxylation is 1. The molecule has 170 valence electrons. The van der Waals surface area contributed by atoms with E-state index in [0.29, 0.717) is 42.5 Å². The first-order chi connectivity index (χ1) is 14.8. The van der Waals surface area contributed by atoms with Gasteiger partial charge in [-0.1, -0.05) is 12.1 Å². The van der Waals surface area contributed by atoms with Crippen LogP contribution in [0.5, 0.6) is 11.5 Å². The van der Waals surface area contributed by atoms with Crippen molar-refractivity contribution in [3.8, 4) is 11.5 Å². The Kier molecular flexibility index (Phi) is 7.16. The summed E-state index contributed by atoms with van der Waals surface area (Å²) in [6.45, 7) is 2.69. The molecule has 1 fully saturated rings. The molecule has 0 atom stereocenters. The van der Waals surface area contributed by atoms with E-state index in [-0.39, 0.29) is 36.4 Å². The van der Waals surface area contributed by atoms with Crippen LogP contribution in [0, 0.1) is 5.92 Å². The zero-order valence-corrected chi connectivity index (χ0v) is 19.0. The number of piperidine rings is 1. The van der Waals surface area contributed by atoms with E-state index >= 15 is 0 Å². The molecule has 0 spiro atoms. The molecule has 1 aromatic heterocycles. The van der Waals surface area contributed by atoms with Gasteiger partial charge in [0, 0.05) is 38.5 Å². The van der Waals surface area contributed by atoms with Gasteiger partial charge in [0.05, 0.1) is 25.7 Å². The molecule has 0 N–H and O–H groups in total. The van der Waals surface area contributed by atoms with Crippen LogP contribution in [0.4, 0.5) is 0 Å². The molecule has 11 heteroatoms. The van der Waals surface area contributed by atoms with Gasteiger partial charge in [-0.25, -0.2) is 8.42 Å². The summed E-state index contributed by atoms with van der Waals surface area (Å²) in [5.74, 6) is 1.49. The number of nitrogens with zero attached hydrogens (tertiary/aromatic N) is 4. The highest BCUT2D eigenvalue weighted by atomic mass is 32.2. The Morgan fingerprint density at radius 2 is 1.90 bits per heavy atom. The second kappa shape index (κ2) is 9.65. The molecular weight excluding hydrogens is 424 g/mol. The number of carbonyl (C=O) groups is 1. The number of aromatic nitrogens is 2. The summed E-state index contributed by atoms with van der Waals surface area (Å²) in [6, 6.07) is 4.52. The van der Waals surface area contributed by atoms with E-state index in [9.17, 15) is 13.2 Å². The third kappa shape index (κ3) is 4.99. The number of benzene rings is 1. The van der Waals surface area contributed by atoms with Crippen LogP contribution in [-0.4, -0.2) is 68.0 Å². The third-order valence-electron chi connectivity index (χ3n) is 5.37. The van der Waals surface area contributed by atoms with Crippen LogP contribution >= 0.6 is 0 Å². The molecule has 31 heavy (non-hydrogen) atoms. The summed E-state index contributed by atoms with van der Waals surface area (Å²) in [5, 5.41) is 3.83. The van der Waals surface area contributed by atoms with Gasteiger partial charge in [-0.2, -0.15) is 9.29 Å². The number of sulfonamides is 1. The van der Waals surface area contributed by atoms with Gasteiger partial charge in [-0.3, -0.25) is 4.79 Å². The number of hydrogen-bond donors (Lipinski definition) is 0. The molecular formula is C20H28N4O6S. The minimum absolute atomic E-state index is 0.0561. The maximum atomic E-state index is 13.0. The SMILES string of the molecule is CCc1noc(CN(C)C(=O)C2CCN(S(=O)(=O)c3ccc(OC)c(OC)c3)CC2)n1. The Labute approximate surface area is 182 Å². The lowest BCUT2D eigenvalue weighted by Crippen LogP contribution is -2.43. The largest absolute Gasteiger partial charge is 0.493 e. The van der Waals surface area contributed by atoms with Gasteiger partial charge in [-0.05, 0) is 25.0 Å². The van der Waals surface area contributed by atoms with E-state index < -0.39 is 10.0 Å². The normalized spacial score (nSPS) is 15.6. The van der Waals surface area contributed by atoms with Gasteiger partial charge < -0.3 is 18.9 Å². The highest BCUT2D eigenvalue weighted by molar-refractivity contribution is 7.89. The van der Waals surface area contributed by atoms with E-state index in [1.807, 2.05) is 6.92 Å². The quantitative estimate of drug-likeness (QED) is 0.594. The Morgan fingerprint density at radius 1 is 1.23 bits per heavy atom. The van der Waals surface area contributed by atoms with Crippen molar-refractivity contribution in [2.24, 2.45) is 5.92 Å². The summed E-state index contributed by atoms with van der Waals surface area (Å²) in [6.07, 6.45) is 1.55. The number of hydrogen-bond acceptors (Lipinski definition) is 8. The second-order valence-corrected chi connectivity index (χ2v) is 9.29. The van der Waals surface area contributed by atoms with Gasteiger partial charge >= 0.3 is 0 Å². The van der Waals surface area contributed by atoms with Gasteiger partial charge in [-0.15, -0.1) is 0 Å². The van der Waals surface area contributed by atoms with Gasteiger partial charge in [0.1, 0.15) is 0 Å². The first kappa shape index (κ1) is 23.0. The van der Waals surface area contributed by atoms with Crippen molar-refractivity contribution < 1.29 is 27.2 Å². The van der Waals surface area contributed by atoms with Crippen molar-refractivity contribution in [2.75, 3.05) is 34.4 Å². The van der Waals surface area contributed by atoms with E-state index in [4.69, 9.17) is 14.0 Å². The van der Waals surface area contributed by atoms with Crippen molar-refractivity contribution in [3.05, 3.63) is 29.9 Å². The van der Waals surface area contributed by atoms with Crippen LogP contribution in [0.15, 0.2) is 27.6 Å². The predicted molar refractivity (Wildman–Crippen MR) is 111 cm³/mol. The lowest BCUT2D eigenvalue weighted by molar-refractivity contribution is -0.136. The average Bonchev–Trinajstić information content (AvgIpc) is 3.25. The van der Waals surface area contributed by atoms with E-state index in [1.165, 1.54) is 30.7 Å². The Bertz CT molecular complexity index is 1010. The molecule has 2 heterocycles. The maximum absolute atomic E-state index is 13.0. The molecule has 0 unspecified atom stereocenters. The Hall–Kier alpha value is -2.66. The van der Waals surface area contributed by atoms with Gasteiger partial charge in [0.25, 0.3) is 0 Å². The first-order valence-electron chi connectivity index (χ1n) is 10.1. The molecule has 2 aromatic rings. The molecule has 10 nitrogen and oxygen atoms in total. The molecule has 0 radical (unpaired) electrons. The Balaban J connectivity index is 1.62. The molecule has 1 aliphatic heterocycles. The fraction of sp³-hybridized carbons (Fsp3) is 0.550. The Morgan fingerprint density at radius 3 is 2.48 bits per heavy atom. The van der Waals surface area contributed by atoms with E-state index in [1.54, 1.807) is 18.0 Å². The second-order valence-electron chi connectivity index (χ2n) is 7.35. The monoisotopic (exact) mass is 452 g/mol. The first-order valence-corrected chi connectivity index (χ1v) is 11.5. The van der Waals surface area contributed by atoms with Gasteiger partial charge in [0.15, 0.2) is 17.3 Å². The van der Waals surface area contributed by atoms with Gasteiger partial charge in [0.2, 0.25) is 21.8 Å². The zero-order chi connectivity index (χ0) is 22.6. The van der Waals surface area contributed by atoms with Crippen LogP contribution in [-0.2, 0) is 27.8 Å². The molecule has 1 aliphatic rings. The minimum atomic E-state index is -3.70. The molecule has 1 aromatic carbocycles. The standard InChI is InChI=1S/C20H28N4O6S/c1-5-18-21-19(30-22-18)13-23(2)20(25)14-8-10-24(11-9-14)31(26,27)15-6-7-16(28-3)17(12-15)29-4/h6-7,12,14H,5,8-11,13H2,1-4H3. The molecule has 0 saturated carbocycles. The van der Waals surface area contributed by atoms with Crippen molar-refractivity contribution in [1.82, 2.24) is 19.3 Å². The molecule has 1 saturated heterocycles. The zero-order valence-electron chi connectivity index (χ0n) is 18.2. The maximum Gasteiger partial charge on any atom is 0.246 e. The summed E-state index contributed by atoms with van der Waals surface area (Å²) in [7, 11) is 0.937. The number of methoxy groups -OCH3 is 2. The van der Waals surface area contributed by atoms with Crippen LogP contribution in [0.2, 0.25) is 0 Å². The lowest BCUT2D eigenvalue weighted by atomic mass is 9.97. The van der Waals surface area contributed by atoms with Crippen molar-refractivity contribution in [3.63, 3.8) is 0 Å². The third-order valence-corrected chi connectivity index (χ3v) is 7.27. The summed E-state index contributed by atoms with van der Waals surface area (Å²) in [5.41, 5.74) is 0. The van der Waals surface area contributed by atoms with Crippen LogP contribution in [0.1, 0.15) is 31.5 Å². The number of carbonyl (C=O) groups excluding carboxylic acids is 1. The molecule has 0 bridgehead atoms. The number of rotatable bonds is 8. The predicted octanol–water partition coefficient (Wildman–Crippen LogP) is 1.71. The van der Waals surface area contributed by atoms with Crippen molar-refractivity contribution >= 4 is 15.9 Å². The highest BCUT2D eigenvalue weighted by Gasteiger charge is 2.34. The number of ether oxygens (including phenoxy) is 2. The average molecular weight is 453 g/mol. The summed E-state index contributed by atoms with van der Waals surface area (Å²) in [4.78, 5) is 18.7. The summed E-state index contributed by atoms with van der Waals surface area (Å²) < 4.78 is 43.0. The topological polar surface area (TPSA) is 115 Å². The molecule has 1 amide bonds. The minimum Gasteiger partial charge on any atom is -0.493 e. The lowest BCUT2D eigenvalue weighted by Gasteiger charge is -2.32. The van der Waals surface area contributed by atoms with Crippen LogP contribution in [0.25, 0.3) is 0 Å². The van der Waals surface area contributed by atoms with Crippen molar-refractivity contribution in [1.29, 1.82) is 0 Å². The smallest absolute Gasteiger partial charge is 0.246 e.